The van der Waals surface area contributed by atoms with Gasteiger partial charge in [0.1, 0.15) is 0 Å². The van der Waals surface area contributed by atoms with Crippen molar-refractivity contribution < 1.29 is 0 Å². The molecular formula is C16H19ClN2. The Morgan fingerprint density at radius 2 is 1.79 bits per heavy atom. The molecule has 19 heavy (non-hydrogen) atoms. The summed E-state index contributed by atoms with van der Waals surface area (Å²) in [5, 5.41) is 4.19. The van der Waals surface area contributed by atoms with Gasteiger partial charge in [-0.25, -0.2) is 0 Å². The number of aryl methyl sites for hydroxylation is 2. The Morgan fingerprint density at radius 3 is 2.37 bits per heavy atom. The molecule has 1 unspecified atom stereocenters. The van der Waals surface area contributed by atoms with Gasteiger partial charge in [-0.2, -0.15) is 0 Å². The van der Waals surface area contributed by atoms with Crippen molar-refractivity contribution in [3.05, 3.63) is 64.2 Å². The maximum Gasteiger partial charge on any atom is 0.0636 e. The number of halogens is 1. The topological polar surface area (TPSA) is 38.0 Å². The molecule has 2 aromatic rings. The molecule has 0 amide bonds. The van der Waals surface area contributed by atoms with E-state index >= 15 is 0 Å². The van der Waals surface area contributed by atoms with Gasteiger partial charge in [0, 0.05) is 17.3 Å². The Kier molecular flexibility index (Phi) is 4.46. The van der Waals surface area contributed by atoms with E-state index in [0.29, 0.717) is 6.54 Å². The standard InChI is InChI=1S/C16H19ClN2/c1-11-3-6-13(7-4-11)16(10-18)19-14-8-5-12(2)15(17)9-14/h3-9,16,19H,10,18H2,1-2H3. The molecule has 0 aromatic heterocycles. The quantitative estimate of drug-likeness (QED) is 0.882. The summed E-state index contributed by atoms with van der Waals surface area (Å²) in [6, 6.07) is 14.5. The van der Waals surface area contributed by atoms with Crippen LogP contribution in [0.1, 0.15) is 22.7 Å². The van der Waals surface area contributed by atoms with Gasteiger partial charge in [-0.05, 0) is 37.1 Å². The maximum atomic E-state index is 6.14. The second kappa shape index (κ2) is 6.09. The van der Waals surface area contributed by atoms with Crippen LogP contribution >= 0.6 is 11.6 Å². The molecule has 0 heterocycles. The number of hydrogen-bond acceptors (Lipinski definition) is 2. The average Bonchev–Trinajstić information content (AvgIpc) is 2.41. The molecule has 0 bridgehead atoms. The smallest absolute Gasteiger partial charge is 0.0636 e. The molecule has 0 spiro atoms. The first kappa shape index (κ1) is 13.9. The molecule has 3 heteroatoms. The molecule has 0 saturated carbocycles. The monoisotopic (exact) mass is 274 g/mol. The molecular weight excluding hydrogens is 256 g/mol. The zero-order chi connectivity index (χ0) is 13.8. The second-order valence-corrected chi connectivity index (χ2v) is 5.21. The lowest BCUT2D eigenvalue weighted by Gasteiger charge is -2.19. The van der Waals surface area contributed by atoms with Crippen LogP contribution in [0, 0.1) is 13.8 Å². The van der Waals surface area contributed by atoms with Crippen LogP contribution < -0.4 is 11.1 Å². The summed E-state index contributed by atoms with van der Waals surface area (Å²) in [4.78, 5) is 0. The van der Waals surface area contributed by atoms with E-state index in [0.717, 1.165) is 16.3 Å². The molecule has 2 rings (SSSR count). The highest BCUT2D eigenvalue weighted by Gasteiger charge is 2.09. The molecule has 0 aliphatic heterocycles. The molecule has 2 nitrogen and oxygen atoms in total. The van der Waals surface area contributed by atoms with Gasteiger partial charge < -0.3 is 11.1 Å². The number of nitrogens with two attached hydrogens (primary N) is 1. The van der Waals surface area contributed by atoms with E-state index in [4.69, 9.17) is 17.3 Å². The Hall–Kier alpha value is -1.51. The lowest BCUT2D eigenvalue weighted by Crippen LogP contribution is -2.20. The van der Waals surface area contributed by atoms with Crippen LogP contribution in [0.5, 0.6) is 0 Å². The van der Waals surface area contributed by atoms with Crippen LogP contribution in [-0.4, -0.2) is 6.54 Å². The number of nitrogens with one attached hydrogen (secondary N) is 1. The normalized spacial score (nSPS) is 12.2. The maximum absolute atomic E-state index is 6.14. The summed E-state index contributed by atoms with van der Waals surface area (Å²) < 4.78 is 0. The predicted octanol–water partition coefficient (Wildman–Crippen LogP) is 4.07. The largest absolute Gasteiger partial charge is 0.377 e. The molecule has 0 saturated heterocycles. The van der Waals surface area contributed by atoms with Gasteiger partial charge in [0.15, 0.2) is 0 Å². The van der Waals surface area contributed by atoms with E-state index in [9.17, 15) is 0 Å². The summed E-state index contributed by atoms with van der Waals surface area (Å²) >= 11 is 6.14. The lowest BCUT2D eigenvalue weighted by atomic mass is 10.0. The molecule has 2 aromatic carbocycles. The highest BCUT2D eigenvalue weighted by molar-refractivity contribution is 6.31. The number of hydrogen-bond donors (Lipinski definition) is 2. The zero-order valence-electron chi connectivity index (χ0n) is 11.3. The van der Waals surface area contributed by atoms with Crippen LogP contribution in [0.4, 0.5) is 5.69 Å². The van der Waals surface area contributed by atoms with Gasteiger partial charge in [-0.15, -0.1) is 0 Å². The van der Waals surface area contributed by atoms with E-state index in [1.54, 1.807) is 0 Å². The first-order chi connectivity index (χ1) is 9.10. The average molecular weight is 275 g/mol. The molecule has 0 fully saturated rings. The minimum Gasteiger partial charge on any atom is -0.377 e. The number of rotatable bonds is 4. The van der Waals surface area contributed by atoms with Crippen LogP contribution in [0.15, 0.2) is 42.5 Å². The van der Waals surface area contributed by atoms with Crippen molar-refractivity contribution in [3.8, 4) is 0 Å². The van der Waals surface area contributed by atoms with Crippen molar-refractivity contribution in [3.63, 3.8) is 0 Å². The Bertz CT molecular complexity index is 549. The van der Waals surface area contributed by atoms with Gasteiger partial charge >= 0.3 is 0 Å². The minimum absolute atomic E-state index is 0.0966. The third-order valence-electron chi connectivity index (χ3n) is 3.23. The first-order valence-electron chi connectivity index (χ1n) is 6.39. The minimum atomic E-state index is 0.0966. The van der Waals surface area contributed by atoms with Crippen LogP contribution in [0.2, 0.25) is 5.02 Å². The summed E-state index contributed by atoms with van der Waals surface area (Å²) in [6.45, 7) is 4.61. The third kappa shape index (κ3) is 3.49. The molecule has 3 N–H and O–H groups in total. The van der Waals surface area contributed by atoms with Crippen LogP contribution in [0.3, 0.4) is 0 Å². The fourth-order valence-electron chi connectivity index (χ4n) is 1.96. The molecule has 0 aliphatic rings. The number of anilines is 1. The lowest BCUT2D eigenvalue weighted by molar-refractivity contribution is 0.789. The zero-order valence-corrected chi connectivity index (χ0v) is 12.0. The van der Waals surface area contributed by atoms with Crippen molar-refractivity contribution >= 4 is 17.3 Å². The summed E-state index contributed by atoms with van der Waals surface area (Å²) in [5.74, 6) is 0. The molecule has 0 radical (unpaired) electrons. The van der Waals surface area contributed by atoms with Gasteiger partial charge in [0.05, 0.1) is 6.04 Å². The van der Waals surface area contributed by atoms with Crippen molar-refractivity contribution in [1.29, 1.82) is 0 Å². The molecule has 1 atom stereocenters. The summed E-state index contributed by atoms with van der Waals surface area (Å²) in [6.07, 6.45) is 0. The second-order valence-electron chi connectivity index (χ2n) is 4.81. The van der Waals surface area contributed by atoms with Crippen LogP contribution in [0.25, 0.3) is 0 Å². The highest BCUT2D eigenvalue weighted by Crippen LogP contribution is 2.24. The van der Waals surface area contributed by atoms with Crippen LogP contribution in [-0.2, 0) is 0 Å². The van der Waals surface area contributed by atoms with Gasteiger partial charge in [0.25, 0.3) is 0 Å². The summed E-state index contributed by atoms with van der Waals surface area (Å²) in [5.41, 5.74) is 10.4. The van der Waals surface area contributed by atoms with Gasteiger partial charge in [0.2, 0.25) is 0 Å². The Morgan fingerprint density at radius 1 is 1.11 bits per heavy atom. The van der Waals surface area contributed by atoms with E-state index in [1.165, 1.54) is 11.1 Å². The summed E-state index contributed by atoms with van der Waals surface area (Å²) in [7, 11) is 0. The highest BCUT2D eigenvalue weighted by atomic mass is 35.5. The van der Waals surface area contributed by atoms with Gasteiger partial charge in [-0.3, -0.25) is 0 Å². The van der Waals surface area contributed by atoms with E-state index < -0.39 is 0 Å². The number of benzene rings is 2. The fourth-order valence-corrected chi connectivity index (χ4v) is 2.14. The Labute approximate surface area is 119 Å². The molecule has 0 aliphatic carbocycles. The van der Waals surface area contributed by atoms with Gasteiger partial charge in [-0.1, -0.05) is 47.5 Å². The molecule has 100 valence electrons. The van der Waals surface area contributed by atoms with Crippen molar-refractivity contribution in [2.45, 2.75) is 19.9 Å². The van der Waals surface area contributed by atoms with E-state index in [-0.39, 0.29) is 6.04 Å². The van der Waals surface area contributed by atoms with Crippen molar-refractivity contribution in [2.24, 2.45) is 5.73 Å². The predicted molar refractivity (Wildman–Crippen MR) is 82.8 cm³/mol. The Balaban J connectivity index is 2.18. The van der Waals surface area contributed by atoms with E-state index in [2.05, 4.69) is 36.5 Å². The third-order valence-corrected chi connectivity index (χ3v) is 3.64. The first-order valence-corrected chi connectivity index (χ1v) is 6.77. The van der Waals surface area contributed by atoms with Crippen molar-refractivity contribution in [1.82, 2.24) is 0 Å². The SMILES string of the molecule is Cc1ccc(C(CN)Nc2ccc(C)c(Cl)c2)cc1. The fraction of sp³-hybridized carbons (Fsp3) is 0.250. The van der Waals surface area contributed by atoms with Crippen molar-refractivity contribution in [2.75, 3.05) is 11.9 Å². The van der Waals surface area contributed by atoms with E-state index in [1.807, 2.05) is 25.1 Å².